The van der Waals surface area contributed by atoms with E-state index in [1.54, 1.807) is 24.3 Å². The molecule has 1 saturated heterocycles. The maximum atomic E-state index is 13.4. The number of benzene rings is 2. The van der Waals surface area contributed by atoms with E-state index >= 15 is 0 Å². The van der Waals surface area contributed by atoms with Crippen LogP contribution in [0.4, 0.5) is 5.69 Å². The Morgan fingerprint density at radius 3 is 2.46 bits per heavy atom. The average Bonchev–Trinajstić information content (AvgIpc) is 3.05. The summed E-state index contributed by atoms with van der Waals surface area (Å²) in [5.74, 6) is -1.01. The number of hydrogen-bond donors (Lipinski definition) is 0. The summed E-state index contributed by atoms with van der Waals surface area (Å²) in [6, 6.07) is 16.0. The van der Waals surface area contributed by atoms with E-state index in [4.69, 9.17) is 4.74 Å². The highest BCUT2D eigenvalue weighted by molar-refractivity contribution is 6.15. The monoisotopic (exact) mass is 378 g/mol. The van der Waals surface area contributed by atoms with E-state index < -0.39 is 11.6 Å². The standard InChI is InChI=1S/C22H22N2O4/c1-15(2)23-20(26)17-10-6-7-11-18(17)24-19(25)12-13-22(23,24)21(27)28-14-16-8-4-3-5-9-16/h3-11,15H,12-14H2,1-2H3/t22-/m0/s1. The average molecular weight is 378 g/mol. The van der Waals surface area contributed by atoms with Crippen LogP contribution in [0.2, 0.25) is 0 Å². The molecule has 0 N–H and O–H groups in total. The smallest absolute Gasteiger partial charge is 0.354 e. The maximum absolute atomic E-state index is 13.4. The molecule has 0 unspecified atom stereocenters. The van der Waals surface area contributed by atoms with Gasteiger partial charge in [-0.15, -0.1) is 0 Å². The summed E-state index contributed by atoms with van der Waals surface area (Å²) in [6.07, 6.45) is 0.406. The minimum atomic E-state index is -1.44. The second-order valence-corrected chi connectivity index (χ2v) is 7.39. The number of carbonyl (C=O) groups excluding carboxylic acids is 3. The molecule has 2 heterocycles. The molecule has 6 heteroatoms. The highest BCUT2D eigenvalue weighted by Gasteiger charge is 2.62. The first-order valence-electron chi connectivity index (χ1n) is 9.43. The van der Waals surface area contributed by atoms with Gasteiger partial charge in [-0.25, -0.2) is 4.79 Å². The van der Waals surface area contributed by atoms with Gasteiger partial charge >= 0.3 is 5.97 Å². The van der Waals surface area contributed by atoms with Crippen LogP contribution < -0.4 is 4.90 Å². The quantitative estimate of drug-likeness (QED) is 0.767. The molecule has 0 radical (unpaired) electrons. The number of para-hydroxylation sites is 1. The van der Waals surface area contributed by atoms with Gasteiger partial charge in [-0.05, 0) is 31.5 Å². The van der Waals surface area contributed by atoms with Crippen molar-refractivity contribution < 1.29 is 19.1 Å². The Hall–Kier alpha value is -3.15. The van der Waals surface area contributed by atoms with Crippen LogP contribution in [0, 0.1) is 0 Å². The molecule has 0 aliphatic carbocycles. The van der Waals surface area contributed by atoms with Crippen LogP contribution >= 0.6 is 0 Å². The maximum Gasteiger partial charge on any atom is 0.354 e. The largest absolute Gasteiger partial charge is 0.458 e. The molecule has 144 valence electrons. The second-order valence-electron chi connectivity index (χ2n) is 7.39. The number of esters is 1. The summed E-state index contributed by atoms with van der Waals surface area (Å²) in [5, 5.41) is 0. The lowest BCUT2D eigenvalue weighted by atomic mass is 9.95. The molecule has 0 aromatic heterocycles. The SMILES string of the molecule is CC(C)N1C(=O)c2ccccc2N2C(=O)CC[C@@]21C(=O)OCc1ccccc1. The van der Waals surface area contributed by atoms with Crippen LogP contribution in [-0.2, 0) is 20.9 Å². The molecule has 1 atom stereocenters. The number of rotatable bonds is 4. The van der Waals surface area contributed by atoms with Crippen molar-refractivity contribution in [2.45, 2.75) is 45.0 Å². The van der Waals surface area contributed by atoms with Gasteiger partial charge in [0.15, 0.2) is 0 Å². The van der Waals surface area contributed by atoms with E-state index in [1.807, 2.05) is 44.2 Å². The summed E-state index contributed by atoms with van der Waals surface area (Å²) in [6.45, 7) is 3.78. The third kappa shape index (κ3) is 2.59. The van der Waals surface area contributed by atoms with Gasteiger partial charge in [0.1, 0.15) is 6.61 Å². The fraction of sp³-hybridized carbons (Fsp3) is 0.318. The highest BCUT2D eigenvalue weighted by Crippen LogP contribution is 2.46. The van der Waals surface area contributed by atoms with E-state index in [-0.39, 0.29) is 37.3 Å². The van der Waals surface area contributed by atoms with Crippen molar-refractivity contribution in [1.82, 2.24) is 4.90 Å². The Balaban J connectivity index is 1.78. The topological polar surface area (TPSA) is 66.9 Å². The first-order chi connectivity index (χ1) is 13.5. The summed E-state index contributed by atoms with van der Waals surface area (Å²) in [7, 11) is 0. The van der Waals surface area contributed by atoms with Crippen LogP contribution in [0.25, 0.3) is 0 Å². The molecule has 0 spiro atoms. The van der Waals surface area contributed by atoms with Gasteiger partial charge in [-0.3, -0.25) is 14.5 Å². The molecule has 2 aromatic rings. The molecule has 0 bridgehead atoms. The fourth-order valence-corrected chi connectivity index (χ4v) is 4.21. The van der Waals surface area contributed by atoms with Gasteiger partial charge in [0, 0.05) is 18.9 Å². The van der Waals surface area contributed by atoms with E-state index in [1.165, 1.54) is 9.80 Å². The molecule has 4 rings (SSSR count). The van der Waals surface area contributed by atoms with Crippen LogP contribution in [0.1, 0.15) is 42.6 Å². The lowest BCUT2D eigenvalue weighted by Crippen LogP contribution is -2.70. The molecule has 1 fully saturated rings. The van der Waals surface area contributed by atoms with Gasteiger partial charge in [-0.2, -0.15) is 0 Å². The Morgan fingerprint density at radius 1 is 1.07 bits per heavy atom. The van der Waals surface area contributed by atoms with Crippen molar-refractivity contribution in [3.8, 4) is 0 Å². The van der Waals surface area contributed by atoms with Gasteiger partial charge < -0.3 is 9.64 Å². The van der Waals surface area contributed by atoms with Gasteiger partial charge in [0.2, 0.25) is 11.6 Å². The van der Waals surface area contributed by atoms with Crippen molar-refractivity contribution in [1.29, 1.82) is 0 Å². The lowest BCUT2D eigenvalue weighted by Gasteiger charge is -2.50. The zero-order valence-electron chi connectivity index (χ0n) is 15.9. The van der Waals surface area contributed by atoms with Gasteiger partial charge in [-0.1, -0.05) is 42.5 Å². The first kappa shape index (κ1) is 18.2. The zero-order chi connectivity index (χ0) is 19.9. The molecule has 6 nitrogen and oxygen atoms in total. The lowest BCUT2D eigenvalue weighted by molar-refractivity contribution is -0.159. The summed E-state index contributed by atoms with van der Waals surface area (Å²) in [5.41, 5.74) is 0.314. The van der Waals surface area contributed by atoms with Crippen LogP contribution in [0.5, 0.6) is 0 Å². The second kappa shape index (κ2) is 6.78. The molecular formula is C22H22N2O4. The first-order valence-corrected chi connectivity index (χ1v) is 9.43. The van der Waals surface area contributed by atoms with Crippen molar-refractivity contribution >= 4 is 23.5 Å². The van der Waals surface area contributed by atoms with E-state index in [0.29, 0.717) is 11.3 Å². The van der Waals surface area contributed by atoms with Gasteiger partial charge in [0.05, 0.1) is 11.3 Å². The van der Waals surface area contributed by atoms with Crippen molar-refractivity contribution in [2.24, 2.45) is 0 Å². The summed E-state index contributed by atoms with van der Waals surface area (Å²) in [4.78, 5) is 42.4. The normalized spacial score (nSPS) is 21.0. The van der Waals surface area contributed by atoms with E-state index in [2.05, 4.69) is 0 Å². The molecule has 2 aromatic carbocycles. The Kier molecular flexibility index (Phi) is 4.41. The highest BCUT2D eigenvalue weighted by atomic mass is 16.5. The Labute approximate surface area is 163 Å². The summed E-state index contributed by atoms with van der Waals surface area (Å²) >= 11 is 0. The zero-order valence-corrected chi connectivity index (χ0v) is 15.9. The van der Waals surface area contributed by atoms with E-state index in [9.17, 15) is 14.4 Å². The van der Waals surface area contributed by atoms with Crippen molar-refractivity contribution in [3.05, 3.63) is 65.7 Å². The van der Waals surface area contributed by atoms with E-state index in [0.717, 1.165) is 5.56 Å². The third-order valence-electron chi connectivity index (χ3n) is 5.36. The van der Waals surface area contributed by atoms with Crippen molar-refractivity contribution in [2.75, 3.05) is 4.90 Å². The number of anilines is 1. The van der Waals surface area contributed by atoms with Gasteiger partial charge in [0.25, 0.3) is 5.91 Å². The number of amides is 2. The fourth-order valence-electron chi connectivity index (χ4n) is 4.21. The molecular weight excluding hydrogens is 356 g/mol. The number of nitrogens with zero attached hydrogens (tertiary/aromatic N) is 2. The van der Waals surface area contributed by atoms with Crippen LogP contribution in [0.3, 0.4) is 0 Å². The van der Waals surface area contributed by atoms with Crippen LogP contribution in [0.15, 0.2) is 54.6 Å². The predicted molar refractivity (Wildman–Crippen MR) is 103 cm³/mol. The Bertz CT molecular complexity index is 941. The minimum Gasteiger partial charge on any atom is -0.458 e. The molecule has 0 saturated carbocycles. The number of hydrogen-bond acceptors (Lipinski definition) is 4. The molecule has 2 aliphatic rings. The Morgan fingerprint density at radius 2 is 1.75 bits per heavy atom. The summed E-state index contributed by atoms with van der Waals surface area (Å²) < 4.78 is 5.64. The molecule has 2 aliphatic heterocycles. The number of fused-ring (bicyclic) bond motifs is 3. The van der Waals surface area contributed by atoms with Crippen molar-refractivity contribution in [3.63, 3.8) is 0 Å². The van der Waals surface area contributed by atoms with Crippen LogP contribution in [-0.4, -0.2) is 34.4 Å². The number of carbonyl (C=O) groups is 3. The number of ether oxygens (including phenoxy) is 1. The predicted octanol–water partition coefficient (Wildman–Crippen LogP) is 3.12. The minimum absolute atomic E-state index is 0.0885. The molecule has 28 heavy (non-hydrogen) atoms. The third-order valence-corrected chi connectivity index (χ3v) is 5.36. The molecule has 2 amide bonds.